The Hall–Kier alpha value is -3.98. The van der Waals surface area contributed by atoms with Gasteiger partial charge in [-0.25, -0.2) is 0 Å². The minimum absolute atomic E-state index is 0.127. The molecule has 0 heterocycles. The molecule has 332 valence electrons. The average Bonchev–Trinajstić information content (AvgIpc) is 3.17. The van der Waals surface area contributed by atoms with E-state index in [2.05, 4.69) is 137 Å². The third-order valence-electron chi connectivity index (χ3n) is 11.3. The maximum absolute atomic E-state index is 12.4. The molecule has 0 amide bonds. The summed E-state index contributed by atoms with van der Waals surface area (Å²) in [6.45, 7) is 24.7. The second kappa shape index (κ2) is 32.7. The van der Waals surface area contributed by atoms with E-state index in [1.165, 1.54) is 94.3 Å². The monoisotopic (exact) mass is 819 g/mol. The Morgan fingerprint density at radius 2 is 0.633 bits per heavy atom. The molecular weight excluding hydrogens is 733 g/mol. The number of ketones is 2. The smallest absolute Gasteiger partial charge is 0.224 e. The highest BCUT2D eigenvalue weighted by Gasteiger charge is 2.21. The molecule has 0 spiro atoms. The van der Waals surface area contributed by atoms with Gasteiger partial charge < -0.3 is 4.74 Å². The van der Waals surface area contributed by atoms with Gasteiger partial charge in [-0.3, -0.25) is 9.59 Å². The van der Waals surface area contributed by atoms with Crippen LogP contribution in [0.2, 0.25) is 0 Å². The van der Waals surface area contributed by atoms with E-state index in [0.29, 0.717) is 12.0 Å². The quantitative estimate of drug-likeness (QED) is 0.0536. The second-order valence-corrected chi connectivity index (χ2v) is 17.9. The van der Waals surface area contributed by atoms with Crippen LogP contribution in [-0.2, 0) is 14.3 Å². The Morgan fingerprint density at radius 3 is 0.883 bits per heavy atom. The van der Waals surface area contributed by atoms with Crippen LogP contribution in [0.15, 0.2) is 140 Å². The minimum Gasteiger partial charge on any atom is -0.493 e. The van der Waals surface area contributed by atoms with Crippen LogP contribution in [0.3, 0.4) is 0 Å². The molecule has 0 saturated carbocycles. The van der Waals surface area contributed by atoms with Gasteiger partial charge in [-0.15, -0.1) is 0 Å². The number of methoxy groups -OCH3 is 1. The highest BCUT2D eigenvalue weighted by atomic mass is 16.5. The van der Waals surface area contributed by atoms with E-state index >= 15 is 0 Å². The highest BCUT2D eigenvalue weighted by molar-refractivity contribution is 6.19. The van der Waals surface area contributed by atoms with Crippen molar-refractivity contribution in [3.05, 3.63) is 140 Å². The molecule has 1 rings (SSSR count). The Kier molecular flexibility index (Phi) is 29.5. The summed E-state index contributed by atoms with van der Waals surface area (Å²) >= 11 is 0. The van der Waals surface area contributed by atoms with Crippen molar-refractivity contribution in [2.75, 3.05) is 7.11 Å². The van der Waals surface area contributed by atoms with Gasteiger partial charge in [0.1, 0.15) is 0 Å². The van der Waals surface area contributed by atoms with Crippen LogP contribution in [-0.4, -0.2) is 18.7 Å². The molecule has 0 bridgehead atoms. The van der Waals surface area contributed by atoms with Gasteiger partial charge in [0.25, 0.3) is 0 Å². The maximum Gasteiger partial charge on any atom is 0.224 e. The van der Waals surface area contributed by atoms with Gasteiger partial charge in [-0.05, 0) is 204 Å². The molecule has 1 aliphatic carbocycles. The van der Waals surface area contributed by atoms with Crippen LogP contribution < -0.4 is 0 Å². The average molecular weight is 819 g/mol. The van der Waals surface area contributed by atoms with Gasteiger partial charge in [0.05, 0.1) is 7.11 Å². The molecule has 0 radical (unpaired) electrons. The predicted octanol–water partition coefficient (Wildman–Crippen LogP) is 17.5. The number of carbonyl (C=O) groups excluding carboxylic acids is 2. The Morgan fingerprint density at radius 1 is 0.383 bits per heavy atom. The summed E-state index contributed by atoms with van der Waals surface area (Å²) in [6.07, 6.45) is 47.1. The van der Waals surface area contributed by atoms with E-state index in [1.807, 2.05) is 0 Å². The Balaban J connectivity index is 2.26. The SMILES string of the molecule is COC1=CC(=O)C=C(CC=C(C)CCC=C(C)CCC=C(C)CCC=C(C)CCC=C(C)CCC=C(C)CCC=C(C)CCC=C(C)CCC=C(C)CCC=C(C)C)C1=O. The zero-order chi connectivity index (χ0) is 44.7. The zero-order valence-electron chi connectivity index (χ0n) is 40.6. The molecule has 0 aliphatic heterocycles. The summed E-state index contributed by atoms with van der Waals surface area (Å²) in [7, 11) is 1.42. The summed E-state index contributed by atoms with van der Waals surface area (Å²) in [5.74, 6) is -0.256. The molecule has 0 aromatic carbocycles. The summed E-state index contributed by atoms with van der Waals surface area (Å²) in [4.78, 5) is 24.2. The van der Waals surface area contributed by atoms with Gasteiger partial charge >= 0.3 is 0 Å². The standard InChI is InChI=1S/C57H86O3/c1-44(2)22-13-23-45(3)24-14-25-46(4)26-15-27-47(5)28-16-29-48(6)30-17-31-49(7)32-18-33-50(8)34-19-35-51(9)36-20-37-52(10)38-21-39-53(11)40-41-54-42-55(58)43-56(60-12)57(54)59/h22,24,26,28,30,32,34,36,38,40,42-43H,13-21,23,25,27,29,31,33,35,37,39,41H2,1-12H3. The Bertz CT molecular complexity index is 1730. The first-order valence-electron chi connectivity index (χ1n) is 23.2. The van der Waals surface area contributed by atoms with E-state index in [4.69, 9.17) is 4.74 Å². The number of hydrogen-bond donors (Lipinski definition) is 0. The Labute approximate surface area is 369 Å². The molecular formula is C57H86O3. The van der Waals surface area contributed by atoms with Crippen molar-refractivity contribution in [1.82, 2.24) is 0 Å². The lowest BCUT2D eigenvalue weighted by atomic mass is 9.97. The van der Waals surface area contributed by atoms with Crippen molar-refractivity contribution >= 4 is 11.6 Å². The first-order valence-corrected chi connectivity index (χ1v) is 23.2. The van der Waals surface area contributed by atoms with E-state index in [9.17, 15) is 9.59 Å². The first kappa shape index (κ1) is 54.0. The zero-order valence-corrected chi connectivity index (χ0v) is 40.6. The predicted molar refractivity (Wildman–Crippen MR) is 264 cm³/mol. The van der Waals surface area contributed by atoms with Gasteiger partial charge in [-0.1, -0.05) is 116 Å². The fraction of sp³-hybridized carbons (Fsp3) is 0.544. The molecule has 0 saturated heterocycles. The van der Waals surface area contributed by atoms with Crippen LogP contribution >= 0.6 is 0 Å². The van der Waals surface area contributed by atoms with E-state index in [0.717, 1.165) is 96.3 Å². The molecule has 0 N–H and O–H groups in total. The second-order valence-electron chi connectivity index (χ2n) is 17.9. The van der Waals surface area contributed by atoms with E-state index in [1.54, 1.807) is 0 Å². The summed E-state index contributed by atoms with van der Waals surface area (Å²) in [5.41, 5.74) is 15.1. The number of carbonyl (C=O) groups is 2. The minimum atomic E-state index is -0.195. The van der Waals surface area contributed by atoms with Crippen LogP contribution in [0.1, 0.15) is 198 Å². The number of Topliss-reactive ketones (excluding diaryl/α,β-unsaturated/α-hetero) is 1. The molecule has 3 heteroatoms. The third kappa shape index (κ3) is 28.5. The molecule has 0 atom stereocenters. The van der Waals surface area contributed by atoms with Crippen molar-refractivity contribution in [3.8, 4) is 0 Å². The fourth-order valence-electron chi connectivity index (χ4n) is 7.10. The summed E-state index contributed by atoms with van der Waals surface area (Å²) in [6, 6.07) is 0. The van der Waals surface area contributed by atoms with E-state index in [-0.39, 0.29) is 17.3 Å². The van der Waals surface area contributed by atoms with Crippen molar-refractivity contribution < 1.29 is 14.3 Å². The lowest BCUT2D eigenvalue weighted by Crippen LogP contribution is -2.15. The molecule has 1 aliphatic rings. The summed E-state index contributed by atoms with van der Waals surface area (Å²) in [5, 5.41) is 0. The normalized spacial score (nSPS) is 15.8. The van der Waals surface area contributed by atoms with Crippen molar-refractivity contribution in [2.45, 2.75) is 198 Å². The van der Waals surface area contributed by atoms with Crippen LogP contribution in [0, 0.1) is 0 Å². The highest BCUT2D eigenvalue weighted by Crippen LogP contribution is 2.21. The van der Waals surface area contributed by atoms with Gasteiger partial charge in [-0.2, -0.15) is 0 Å². The lowest BCUT2D eigenvalue weighted by molar-refractivity contribution is -0.117. The van der Waals surface area contributed by atoms with Crippen LogP contribution in [0.5, 0.6) is 0 Å². The fourth-order valence-corrected chi connectivity index (χ4v) is 7.10. The third-order valence-corrected chi connectivity index (χ3v) is 11.3. The molecule has 0 aromatic heterocycles. The maximum atomic E-state index is 12.4. The van der Waals surface area contributed by atoms with Crippen molar-refractivity contribution in [2.24, 2.45) is 0 Å². The summed E-state index contributed by atoms with van der Waals surface area (Å²) < 4.78 is 5.05. The first-order chi connectivity index (χ1) is 28.6. The number of hydrogen-bond acceptors (Lipinski definition) is 3. The number of rotatable bonds is 30. The lowest BCUT2D eigenvalue weighted by Gasteiger charge is -2.11. The molecule has 0 unspecified atom stereocenters. The number of allylic oxidation sites excluding steroid dienone is 23. The van der Waals surface area contributed by atoms with Gasteiger partial charge in [0.2, 0.25) is 5.78 Å². The van der Waals surface area contributed by atoms with Crippen molar-refractivity contribution in [3.63, 3.8) is 0 Å². The molecule has 0 fully saturated rings. The molecule has 3 nitrogen and oxygen atoms in total. The van der Waals surface area contributed by atoms with E-state index < -0.39 is 0 Å². The largest absolute Gasteiger partial charge is 0.493 e. The van der Waals surface area contributed by atoms with Crippen LogP contribution in [0.25, 0.3) is 0 Å². The molecule has 60 heavy (non-hydrogen) atoms. The van der Waals surface area contributed by atoms with Crippen molar-refractivity contribution in [1.29, 1.82) is 0 Å². The van der Waals surface area contributed by atoms with Gasteiger partial charge in [0.15, 0.2) is 11.5 Å². The topological polar surface area (TPSA) is 43.4 Å². The molecule has 0 aromatic rings. The van der Waals surface area contributed by atoms with Gasteiger partial charge in [0, 0.05) is 11.6 Å². The number of ether oxygens (including phenoxy) is 1. The van der Waals surface area contributed by atoms with Crippen LogP contribution in [0.4, 0.5) is 0 Å².